The van der Waals surface area contributed by atoms with Crippen LogP contribution >= 0.6 is 46.2 Å². The molecule has 2 aromatic carbocycles. The number of fused-ring (bicyclic) bond motifs is 2. The summed E-state index contributed by atoms with van der Waals surface area (Å²) in [5, 5.41) is 5.07. The standard InChI is InChI=1S/C46H50F6N10O2S4/c1-27-25-31(45(47,48)49)37(29(3)53-27)57-41(63)39(61-17-13-59(14-18-61)21-23-65-43-55-33-9-5-7-11-35(33)67-43)40(42(64)58-38-30(4)54-28(2)26-32(38)46(50,51)52)62-19-15-60(16-20-62)22-24-66-44-56-34-10-6-8-12-36(34)68-44/h5-12,25-26,39-40H,13-24H2,1-4H3,(H,57,63)(H,58,64). The fourth-order valence-electron chi connectivity index (χ4n) is 8.71. The minimum absolute atomic E-state index is 0.0747. The predicted molar refractivity (Wildman–Crippen MR) is 259 cm³/mol. The predicted octanol–water partition coefficient (Wildman–Crippen LogP) is 9.10. The normalized spacial score (nSPS) is 16.9. The Morgan fingerprint density at radius 1 is 0.588 bits per heavy atom. The Bertz CT molecular complexity index is 2500. The van der Waals surface area contributed by atoms with Crippen LogP contribution in [0, 0.1) is 27.7 Å². The van der Waals surface area contributed by atoms with Crippen molar-refractivity contribution in [1.82, 2.24) is 39.5 Å². The van der Waals surface area contributed by atoms with Gasteiger partial charge in [0.2, 0.25) is 11.8 Å². The average molecular weight is 1020 g/mol. The third-order valence-corrected chi connectivity index (χ3v) is 16.3. The number of aromatic nitrogens is 4. The molecule has 4 aromatic heterocycles. The van der Waals surface area contributed by atoms with Gasteiger partial charge in [0.25, 0.3) is 0 Å². The van der Waals surface area contributed by atoms with Crippen molar-refractivity contribution in [2.45, 2.75) is 60.8 Å². The lowest BCUT2D eigenvalue weighted by atomic mass is 9.98. The van der Waals surface area contributed by atoms with Gasteiger partial charge in [-0.15, -0.1) is 22.7 Å². The Hall–Kier alpha value is -4.42. The molecular weight excluding hydrogens is 967 g/mol. The highest BCUT2D eigenvalue weighted by Gasteiger charge is 2.46. The Morgan fingerprint density at radius 2 is 0.956 bits per heavy atom. The van der Waals surface area contributed by atoms with Crippen LogP contribution in [-0.4, -0.2) is 140 Å². The van der Waals surface area contributed by atoms with E-state index in [1.54, 1.807) is 56.0 Å². The van der Waals surface area contributed by atoms with Crippen LogP contribution in [0.5, 0.6) is 0 Å². The highest BCUT2D eigenvalue weighted by molar-refractivity contribution is 8.01. The second-order valence-electron chi connectivity index (χ2n) is 16.8. The molecule has 0 aliphatic carbocycles. The molecule has 2 aliphatic rings. The van der Waals surface area contributed by atoms with Crippen molar-refractivity contribution in [3.05, 3.63) is 94.6 Å². The van der Waals surface area contributed by atoms with Gasteiger partial charge in [-0.2, -0.15) is 26.3 Å². The van der Waals surface area contributed by atoms with Crippen LogP contribution in [0.25, 0.3) is 20.4 Å². The highest BCUT2D eigenvalue weighted by atomic mass is 32.2. The summed E-state index contributed by atoms with van der Waals surface area (Å²) in [7, 11) is 0. The molecule has 2 unspecified atom stereocenters. The molecule has 0 spiro atoms. The largest absolute Gasteiger partial charge is 0.418 e. The zero-order chi connectivity index (χ0) is 48.3. The molecule has 2 amide bonds. The molecule has 2 fully saturated rings. The number of thioether (sulfide) groups is 2. The molecule has 2 N–H and O–H groups in total. The number of nitrogens with one attached hydrogen (secondary N) is 2. The van der Waals surface area contributed by atoms with Crippen LogP contribution < -0.4 is 10.6 Å². The van der Waals surface area contributed by atoms with Crippen LogP contribution in [-0.2, 0) is 21.9 Å². The summed E-state index contributed by atoms with van der Waals surface area (Å²) in [5.74, 6) is -0.366. The minimum Gasteiger partial charge on any atom is -0.323 e. The molecule has 362 valence electrons. The van der Waals surface area contributed by atoms with Crippen molar-refractivity contribution >= 4 is 89.8 Å². The van der Waals surface area contributed by atoms with E-state index in [-0.39, 0.29) is 49.0 Å². The van der Waals surface area contributed by atoms with Crippen LogP contribution in [0.15, 0.2) is 69.3 Å². The molecule has 6 heterocycles. The summed E-state index contributed by atoms with van der Waals surface area (Å²) in [6, 6.07) is 14.6. The number of carbonyl (C=O) groups excluding carboxylic acids is 2. The average Bonchev–Trinajstić information content (AvgIpc) is 3.91. The molecule has 2 aliphatic heterocycles. The molecule has 12 nitrogen and oxygen atoms in total. The molecule has 2 saturated heterocycles. The number of rotatable bonds is 15. The van der Waals surface area contributed by atoms with E-state index in [1.807, 2.05) is 48.5 Å². The second-order valence-corrected chi connectivity index (χ2v) is 21.5. The number of thiazole rings is 2. The summed E-state index contributed by atoms with van der Waals surface area (Å²) < 4.78 is 91.9. The molecule has 68 heavy (non-hydrogen) atoms. The van der Waals surface area contributed by atoms with E-state index in [0.717, 1.165) is 52.8 Å². The summed E-state index contributed by atoms with van der Waals surface area (Å²) in [6.07, 6.45) is -9.73. The number of carbonyl (C=O) groups is 2. The summed E-state index contributed by atoms with van der Waals surface area (Å²) in [5.41, 5.74) is -1.38. The van der Waals surface area contributed by atoms with E-state index in [4.69, 9.17) is 9.97 Å². The number of piperazine rings is 2. The van der Waals surface area contributed by atoms with Crippen LogP contribution in [0.1, 0.15) is 33.9 Å². The van der Waals surface area contributed by atoms with Gasteiger partial charge in [-0.3, -0.25) is 39.2 Å². The van der Waals surface area contributed by atoms with Crippen molar-refractivity contribution in [1.29, 1.82) is 0 Å². The summed E-state index contributed by atoms with van der Waals surface area (Å²) in [6.45, 7) is 9.72. The number of halogens is 6. The van der Waals surface area contributed by atoms with Gasteiger partial charge in [0.05, 0.1) is 54.3 Å². The van der Waals surface area contributed by atoms with Gasteiger partial charge in [-0.1, -0.05) is 47.8 Å². The zero-order valence-corrected chi connectivity index (χ0v) is 41.0. The summed E-state index contributed by atoms with van der Waals surface area (Å²) in [4.78, 5) is 55.9. The molecule has 2 atom stereocenters. The molecule has 8 rings (SSSR count). The first kappa shape index (κ1) is 50.0. The van der Waals surface area contributed by atoms with Crippen LogP contribution in [0.3, 0.4) is 0 Å². The Morgan fingerprint density at radius 3 is 1.31 bits per heavy atom. The smallest absolute Gasteiger partial charge is 0.323 e. The van der Waals surface area contributed by atoms with Gasteiger partial charge in [0.15, 0.2) is 8.68 Å². The van der Waals surface area contributed by atoms with Gasteiger partial charge < -0.3 is 10.6 Å². The lowest BCUT2D eigenvalue weighted by Gasteiger charge is -2.46. The third kappa shape index (κ3) is 11.9. The zero-order valence-electron chi connectivity index (χ0n) is 37.7. The topological polar surface area (TPSA) is 123 Å². The van der Waals surface area contributed by atoms with Gasteiger partial charge in [-0.25, -0.2) is 9.97 Å². The van der Waals surface area contributed by atoms with Crippen molar-refractivity contribution in [2.24, 2.45) is 0 Å². The van der Waals surface area contributed by atoms with E-state index >= 15 is 9.59 Å². The number of benzene rings is 2. The molecular formula is C46H50F6N10O2S4. The molecule has 0 radical (unpaired) electrons. The molecule has 6 aromatic rings. The van der Waals surface area contributed by atoms with Crippen molar-refractivity contribution in [3.8, 4) is 0 Å². The first-order valence-corrected chi connectivity index (χ1v) is 25.6. The van der Waals surface area contributed by atoms with Crippen molar-refractivity contribution in [3.63, 3.8) is 0 Å². The fraction of sp³-hybridized carbons (Fsp3) is 0.435. The van der Waals surface area contributed by atoms with Crippen molar-refractivity contribution < 1.29 is 35.9 Å². The number of anilines is 2. The minimum atomic E-state index is -4.87. The number of hydrogen-bond donors (Lipinski definition) is 2. The van der Waals surface area contributed by atoms with E-state index in [0.29, 0.717) is 39.3 Å². The summed E-state index contributed by atoms with van der Waals surface area (Å²) >= 11 is 6.50. The maximum atomic E-state index is 15.0. The Kier molecular flexibility index (Phi) is 15.6. The van der Waals surface area contributed by atoms with Gasteiger partial charge in [-0.05, 0) is 64.1 Å². The number of para-hydroxylation sites is 2. The van der Waals surface area contributed by atoms with Gasteiger partial charge >= 0.3 is 12.4 Å². The number of nitrogens with zero attached hydrogens (tertiary/aromatic N) is 8. The Labute approximate surface area is 406 Å². The monoisotopic (exact) mass is 1020 g/mol. The van der Waals surface area contributed by atoms with E-state index in [1.165, 1.54) is 27.7 Å². The Balaban J connectivity index is 1.07. The van der Waals surface area contributed by atoms with Crippen molar-refractivity contribution in [2.75, 3.05) is 87.6 Å². The number of alkyl halides is 6. The molecule has 0 saturated carbocycles. The lowest BCUT2D eigenvalue weighted by Crippen LogP contribution is -2.66. The quantitative estimate of drug-likeness (QED) is 0.0754. The number of aryl methyl sites for hydroxylation is 4. The first-order chi connectivity index (χ1) is 32.4. The van der Waals surface area contributed by atoms with E-state index in [9.17, 15) is 26.3 Å². The fourth-order valence-corrected chi connectivity index (χ4v) is 13.0. The number of hydrogen-bond acceptors (Lipinski definition) is 14. The molecule has 0 bridgehead atoms. The second kappa shape index (κ2) is 21.3. The maximum Gasteiger partial charge on any atom is 0.418 e. The van der Waals surface area contributed by atoms with Crippen LogP contribution in [0.4, 0.5) is 37.7 Å². The molecule has 22 heteroatoms. The number of amides is 2. The van der Waals surface area contributed by atoms with E-state index in [2.05, 4.69) is 30.4 Å². The highest BCUT2D eigenvalue weighted by Crippen LogP contribution is 2.39. The van der Waals surface area contributed by atoms with E-state index < -0.39 is 58.8 Å². The van der Waals surface area contributed by atoms with Gasteiger partial charge in [0.1, 0.15) is 12.1 Å². The first-order valence-electron chi connectivity index (χ1n) is 22.0. The maximum absolute atomic E-state index is 15.0. The van der Waals surface area contributed by atoms with Crippen LogP contribution in [0.2, 0.25) is 0 Å². The SMILES string of the molecule is Cc1cc(C(F)(F)F)c(NC(=O)C(C(C(=O)Nc2c(C(F)(F)F)cc(C)nc2C)N2CCN(CCSc3nc4ccccc4s3)CC2)N2CCN(CCSc3nc4ccccc4s3)CC2)c(C)n1. The number of pyridine rings is 2. The third-order valence-electron chi connectivity index (χ3n) is 12.0. The van der Waals surface area contributed by atoms with Gasteiger partial charge in [0, 0.05) is 88.3 Å². The lowest BCUT2D eigenvalue weighted by molar-refractivity contribution is -0.139.